The molecule has 1 aromatic heterocycles. The Kier molecular flexibility index (Phi) is 4.71. The molecule has 1 aromatic carbocycles. The molecule has 2 rings (SSSR count). The van der Waals surface area contributed by atoms with E-state index in [9.17, 15) is 0 Å². The Bertz CT molecular complexity index is 593. The van der Waals surface area contributed by atoms with Gasteiger partial charge in [0.05, 0.1) is 0 Å². The highest BCUT2D eigenvalue weighted by Crippen LogP contribution is 2.13. The van der Waals surface area contributed by atoms with Crippen molar-refractivity contribution in [3.05, 3.63) is 59.9 Å². The van der Waals surface area contributed by atoms with Crippen molar-refractivity contribution in [2.45, 2.75) is 20.4 Å². The molecule has 0 aliphatic carbocycles. The summed E-state index contributed by atoms with van der Waals surface area (Å²) in [6, 6.07) is 10.2. The van der Waals surface area contributed by atoms with Crippen molar-refractivity contribution in [3.63, 3.8) is 0 Å². The average Bonchev–Trinajstić information content (AvgIpc) is 2.44. The molecule has 2 aromatic rings. The lowest BCUT2D eigenvalue weighted by Crippen LogP contribution is -2.07. The van der Waals surface area contributed by atoms with Crippen LogP contribution in [0.2, 0.25) is 0 Å². The van der Waals surface area contributed by atoms with E-state index in [1.54, 1.807) is 6.08 Å². The van der Waals surface area contributed by atoms with E-state index in [1.807, 2.05) is 25.1 Å². The zero-order valence-electron chi connectivity index (χ0n) is 12.0. The molecule has 0 amide bonds. The van der Waals surface area contributed by atoms with E-state index in [-0.39, 0.29) is 0 Å². The van der Waals surface area contributed by atoms with Crippen molar-refractivity contribution >= 4 is 11.6 Å². The van der Waals surface area contributed by atoms with Crippen LogP contribution in [0.4, 0.5) is 11.6 Å². The lowest BCUT2D eigenvalue weighted by atomic mass is 10.1. The van der Waals surface area contributed by atoms with Crippen molar-refractivity contribution in [3.8, 4) is 0 Å². The van der Waals surface area contributed by atoms with E-state index < -0.39 is 0 Å². The molecule has 1 heterocycles. The highest BCUT2D eigenvalue weighted by molar-refractivity contribution is 5.48. The third-order valence-electron chi connectivity index (χ3n) is 2.99. The number of hydrogen-bond acceptors (Lipinski definition) is 4. The van der Waals surface area contributed by atoms with E-state index >= 15 is 0 Å². The number of rotatable bonds is 6. The molecule has 4 heteroatoms. The molecule has 0 fully saturated rings. The van der Waals surface area contributed by atoms with Crippen LogP contribution in [0, 0.1) is 13.8 Å². The number of aryl methyl sites for hydroxylation is 2. The summed E-state index contributed by atoms with van der Waals surface area (Å²) in [7, 11) is 0. The van der Waals surface area contributed by atoms with Crippen LogP contribution in [0.15, 0.2) is 43.0 Å². The number of hydrogen-bond donors (Lipinski definition) is 2. The topological polar surface area (TPSA) is 49.8 Å². The molecule has 0 unspecified atom stereocenters. The second-order valence-corrected chi connectivity index (χ2v) is 4.64. The van der Waals surface area contributed by atoms with Gasteiger partial charge in [0.2, 0.25) is 0 Å². The molecule has 0 radical (unpaired) electrons. The lowest BCUT2D eigenvalue weighted by Gasteiger charge is -2.10. The first-order valence-corrected chi connectivity index (χ1v) is 6.68. The summed E-state index contributed by atoms with van der Waals surface area (Å²) in [6.45, 7) is 9.12. The van der Waals surface area contributed by atoms with Gasteiger partial charge >= 0.3 is 0 Å². The average molecular weight is 268 g/mol. The first-order chi connectivity index (χ1) is 9.69. The van der Waals surface area contributed by atoms with Crippen LogP contribution in [0.3, 0.4) is 0 Å². The van der Waals surface area contributed by atoms with Gasteiger partial charge in [-0.25, -0.2) is 9.97 Å². The molecule has 20 heavy (non-hydrogen) atoms. The molecule has 4 nitrogen and oxygen atoms in total. The fourth-order valence-electron chi connectivity index (χ4n) is 1.92. The zero-order chi connectivity index (χ0) is 14.4. The van der Waals surface area contributed by atoms with Crippen molar-refractivity contribution < 1.29 is 0 Å². The van der Waals surface area contributed by atoms with E-state index in [4.69, 9.17) is 0 Å². The molecule has 0 saturated carbocycles. The molecule has 0 aliphatic rings. The van der Waals surface area contributed by atoms with Gasteiger partial charge in [0.1, 0.15) is 17.5 Å². The molecule has 0 spiro atoms. The van der Waals surface area contributed by atoms with Gasteiger partial charge in [0, 0.05) is 19.2 Å². The van der Waals surface area contributed by atoms with Crippen LogP contribution in [0.1, 0.15) is 17.0 Å². The SMILES string of the molecule is C=CCNc1cc(NCc2ccccc2C)nc(C)n1. The molecule has 0 saturated heterocycles. The standard InChI is InChI=1S/C16H20N4/c1-4-9-17-15-10-16(20-13(3)19-15)18-11-14-8-6-5-7-12(14)2/h4-8,10H,1,9,11H2,2-3H3,(H2,17,18,19,20). The van der Waals surface area contributed by atoms with Crippen LogP contribution in [0.25, 0.3) is 0 Å². The number of nitrogens with one attached hydrogen (secondary N) is 2. The van der Waals surface area contributed by atoms with Crippen LogP contribution >= 0.6 is 0 Å². The second kappa shape index (κ2) is 6.70. The molecule has 104 valence electrons. The minimum absolute atomic E-state index is 0.688. The van der Waals surface area contributed by atoms with Crippen LogP contribution in [-0.4, -0.2) is 16.5 Å². The van der Waals surface area contributed by atoms with Gasteiger partial charge in [-0.2, -0.15) is 0 Å². The Morgan fingerprint density at radius 3 is 2.50 bits per heavy atom. The van der Waals surface area contributed by atoms with Gasteiger partial charge in [0.25, 0.3) is 0 Å². The maximum absolute atomic E-state index is 4.40. The fourth-order valence-corrected chi connectivity index (χ4v) is 1.92. The minimum Gasteiger partial charge on any atom is -0.366 e. The quantitative estimate of drug-likeness (QED) is 0.789. The summed E-state index contributed by atoms with van der Waals surface area (Å²) in [5.74, 6) is 2.38. The fraction of sp³-hybridized carbons (Fsp3) is 0.250. The minimum atomic E-state index is 0.688. The van der Waals surface area contributed by atoms with Crippen molar-refractivity contribution in [2.75, 3.05) is 17.2 Å². The zero-order valence-corrected chi connectivity index (χ0v) is 12.0. The van der Waals surface area contributed by atoms with E-state index in [0.29, 0.717) is 6.54 Å². The largest absolute Gasteiger partial charge is 0.366 e. The van der Waals surface area contributed by atoms with Gasteiger partial charge in [-0.15, -0.1) is 6.58 Å². The number of nitrogens with zero attached hydrogens (tertiary/aromatic N) is 2. The summed E-state index contributed by atoms with van der Waals surface area (Å²) < 4.78 is 0. The highest BCUT2D eigenvalue weighted by Gasteiger charge is 2.02. The third-order valence-corrected chi connectivity index (χ3v) is 2.99. The Hall–Kier alpha value is -2.36. The number of anilines is 2. The first-order valence-electron chi connectivity index (χ1n) is 6.68. The first kappa shape index (κ1) is 14.1. The number of aromatic nitrogens is 2. The lowest BCUT2D eigenvalue weighted by molar-refractivity contribution is 1.01. The van der Waals surface area contributed by atoms with E-state index in [2.05, 4.69) is 46.2 Å². The molecule has 0 atom stereocenters. The Morgan fingerprint density at radius 2 is 1.80 bits per heavy atom. The van der Waals surface area contributed by atoms with Crippen molar-refractivity contribution in [1.29, 1.82) is 0 Å². The van der Waals surface area contributed by atoms with Crippen LogP contribution < -0.4 is 10.6 Å². The number of benzene rings is 1. The van der Waals surface area contributed by atoms with Gasteiger partial charge in [0.15, 0.2) is 0 Å². The smallest absolute Gasteiger partial charge is 0.132 e. The summed E-state index contributed by atoms with van der Waals surface area (Å²) >= 11 is 0. The van der Waals surface area contributed by atoms with E-state index in [0.717, 1.165) is 24.0 Å². The van der Waals surface area contributed by atoms with Gasteiger partial charge in [-0.1, -0.05) is 30.3 Å². The molecule has 2 N–H and O–H groups in total. The maximum Gasteiger partial charge on any atom is 0.132 e. The third kappa shape index (κ3) is 3.82. The summed E-state index contributed by atoms with van der Waals surface area (Å²) in [6.07, 6.45) is 1.80. The Labute approximate surface area is 120 Å². The highest BCUT2D eigenvalue weighted by atomic mass is 15.1. The maximum atomic E-state index is 4.40. The van der Waals surface area contributed by atoms with Gasteiger partial charge < -0.3 is 10.6 Å². The van der Waals surface area contributed by atoms with Crippen LogP contribution in [0.5, 0.6) is 0 Å². The Balaban J connectivity index is 2.07. The van der Waals surface area contributed by atoms with Crippen molar-refractivity contribution in [2.24, 2.45) is 0 Å². The monoisotopic (exact) mass is 268 g/mol. The Morgan fingerprint density at radius 1 is 1.10 bits per heavy atom. The van der Waals surface area contributed by atoms with Gasteiger partial charge in [-0.3, -0.25) is 0 Å². The predicted molar refractivity (Wildman–Crippen MR) is 84.0 cm³/mol. The van der Waals surface area contributed by atoms with Crippen molar-refractivity contribution in [1.82, 2.24) is 9.97 Å². The molecule has 0 bridgehead atoms. The normalized spacial score (nSPS) is 10.1. The molecular weight excluding hydrogens is 248 g/mol. The molecular formula is C16H20N4. The van der Waals surface area contributed by atoms with Gasteiger partial charge in [-0.05, 0) is 25.0 Å². The molecule has 0 aliphatic heterocycles. The van der Waals surface area contributed by atoms with E-state index in [1.165, 1.54) is 11.1 Å². The second-order valence-electron chi connectivity index (χ2n) is 4.64. The van der Waals surface area contributed by atoms with Crippen LogP contribution in [-0.2, 0) is 6.54 Å². The predicted octanol–water partition coefficient (Wildman–Crippen LogP) is 3.30. The summed E-state index contributed by atoms with van der Waals surface area (Å²) in [4.78, 5) is 8.73. The summed E-state index contributed by atoms with van der Waals surface area (Å²) in [5.41, 5.74) is 2.54. The summed E-state index contributed by atoms with van der Waals surface area (Å²) in [5, 5.41) is 6.52.